The molecular formula is C46H56N2O13. The van der Waals surface area contributed by atoms with Crippen LogP contribution >= 0.6 is 0 Å². The minimum Gasteiger partial charge on any atom is -0.507 e. The molecule has 9 atom stereocenters. The quantitative estimate of drug-likeness (QED) is 0.0382. The van der Waals surface area contributed by atoms with E-state index in [1.54, 1.807) is 39.8 Å². The number of hydrogen-bond acceptors (Lipinski definition) is 14. The maximum Gasteiger partial charge on any atom is 0.312 e. The van der Waals surface area contributed by atoms with E-state index in [-0.39, 0.29) is 51.1 Å². The largest absolute Gasteiger partial charge is 0.507 e. The molecule has 3 heterocycles. The van der Waals surface area contributed by atoms with Crippen LogP contribution in [0.5, 0.6) is 23.0 Å². The number of ketones is 1. The number of phenolic OH excluding ortho intramolecular Hbond substituents is 3. The standard InChI is InChI=1S/C46H56N2O13/c1-23-14-13-15-24(2)45(56)48-36-31(22-47-59-21-18-30-16-11-10-12-17-30)40(53)33-34(41(36)54)39(52)28(6)43-35(33)44(55)46(8,61-43)58-20-19-32(57-9)25(3)42(60-29(7)49)27(5)38(51)26(4)37(23)50/h10-17,19-20,22-23,25-27,32,37-38,42,50-54H,18,21H2,1-9H3,(H,48,56)/b14-13+,20-19+,24-15-,47-22+. The fourth-order valence-corrected chi connectivity index (χ4v) is 7.82. The van der Waals surface area contributed by atoms with Crippen LogP contribution in [0.1, 0.15) is 75.5 Å². The number of esters is 1. The van der Waals surface area contributed by atoms with Gasteiger partial charge in [-0.25, -0.2) is 0 Å². The van der Waals surface area contributed by atoms with Gasteiger partial charge in [0, 0.05) is 67.6 Å². The molecule has 0 fully saturated rings. The van der Waals surface area contributed by atoms with E-state index in [4.69, 9.17) is 23.8 Å². The van der Waals surface area contributed by atoms with Crippen molar-refractivity contribution >= 4 is 40.3 Å². The molecule has 1 amide bonds. The summed E-state index contributed by atoms with van der Waals surface area (Å²) in [4.78, 5) is 46.0. The molecular weight excluding hydrogens is 789 g/mol. The Kier molecular flexibility index (Phi) is 14.5. The van der Waals surface area contributed by atoms with Crippen molar-refractivity contribution in [3.63, 3.8) is 0 Å². The van der Waals surface area contributed by atoms with Crippen LogP contribution in [0.15, 0.2) is 71.6 Å². The number of oxime groups is 1. The van der Waals surface area contributed by atoms with Crippen LogP contribution in [0.3, 0.4) is 0 Å². The molecule has 6 rings (SSSR count). The van der Waals surface area contributed by atoms with Gasteiger partial charge in [-0.15, -0.1) is 0 Å². The maximum absolute atomic E-state index is 14.4. The van der Waals surface area contributed by atoms with E-state index in [0.717, 1.165) is 11.8 Å². The molecule has 3 aromatic rings. The van der Waals surface area contributed by atoms with Gasteiger partial charge in [-0.1, -0.05) is 81.4 Å². The SMILES string of the molecule is COC1/C=C/OC2(C)Oc3c(C)c(O)c4c(O)c(c(/C=N/OCCc5ccccc5)c(O)c4c3C2=O)NC(=O)/C(C)=C\C=C\C(C)C(O)C(C)C(O)C(C)C(OC(C)=O)C1C. The maximum atomic E-state index is 14.4. The van der Waals surface area contributed by atoms with Crippen LogP contribution < -0.4 is 10.1 Å². The van der Waals surface area contributed by atoms with Crippen molar-refractivity contribution in [2.24, 2.45) is 28.8 Å². The molecule has 15 heteroatoms. The molecule has 5 bridgehead atoms. The van der Waals surface area contributed by atoms with E-state index in [9.17, 15) is 39.9 Å². The number of fused-ring (bicyclic) bond motifs is 14. The van der Waals surface area contributed by atoms with Gasteiger partial charge in [0.15, 0.2) is 5.75 Å². The number of carbonyl (C=O) groups is 3. The van der Waals surface area contributed by atoms with Gasteiger partial charge in [0.05, 0.1) is 53.0 Å². The Hall–Kier alpha value is -5.90. The van der Waals surface area contributed by atoms with Gasteiger partial charge in [-0.2, -0.15) is 0 Å². The second-order valence-corrected chi connectivity index (χ2v) is 15.9. The number of aliphatic hydroxyl groups excluding tert-OH is 2. The minimum absolute atomic E-state index is 0.0298. The average Bonchev–Trinajstić information content (AvgIpc) is 3.50. The molecule has 0 spiro atoms. The number of benzene rings is 3. The van der Waals surface area contributed by atoms with Crippen LogP contribution in [-0.2, 0) is 35.1 Å². The molecule has 0 saturated carbocycles. The van der Waals surface area contributed by atoms with Crippen LogP contribution in [0.4, 0.5) is 5.69 Å². The van der Waals surface area contributed by atoms with Crippen molar-refractivity contribution in [3.8, 4) is 23.0 Å². The molecule has 328 valence electrons. The summed E-state index contributed by atoms with van der Waals surface area (Å²) in [6.45, 7) is 12.6. The van der Waals surface area contributed by atoms with E-state index >= 15 is 0 Å². The first kappa shape index (κ1) is 46.2. The molecule has 6 N–H and O–H groups in total. The third-order valence-corrected chi connectivity index (χ3v) is 11.6. The smallest absolute Gasteiger partial charge is 0.312 e. The van der Waals surface area contributed by atoms with E-state index in [2.05, 4.69) is 10.5 Å². The molecule has 9 unspecified atom stereocenters. The number of anilines is 1. The van der Waals surface area contributed by atoms with E-state index in [1.165, 1.54) is 53.2 Å². The zero-order valence-electron chi connectivity index (χ0n) is 35.8. The predicted molar refractivity (Wildman–Crippen MR) is 228 cm³/mol. The minimum atomic E-state index is -2.07. The number of nitrogens with zero attached hydrogens (tertiary/aromatic N) is 1. The van der Waals surface area contributed by atoms with Crippen LogP contribution in [0.2, 0.25) is 0 Å². The van der Waals surface area contributed by atoms with Gasteiger partial charge in [-0.3, -0.25) is 14.4 Å². The highest BCUT2D eigenvalue weighted by Gasteiger charge is 2.50. The predicted octanol–water partition coefficient (Wildman–Crippen LogP) is 6.35. The first-order valence-electron chi connectivity index (χ1n) is 20.1. The number of rotatable bonds is 7. The Labute approximate surface area is 354 Å². The first-order chi connectivity index (χ1) is 28.8. The highest BCUT2D eigenvalue weighted by molar-refractivity contribution is 6.23. The van der Waals surface area contributed by atoms with Crippen LogP contribution in [0, 0.1) is 30.6 Å². The zero-order valence-corrected chi connectivity index (χ0v) is 35.8. The summed E-state index contributed by atoms with van der Waals surface area (Å²) >= 11 is 0. The molecule has 0 radical (unpaired) electrons. The molecule has 3 aliphatic heterocycles. The summed E-state index contributed by atoms with van der Waals surface area (Å²) in [6.07, 6.45) is 5.01. The van der Waals surface area contributed by atoms with Crippen molar-refractivity contribution in [3.05, 3.63) is 88.7 Å². The van der Waals surface area contributed by atoms with Gasteiger partial charge in [0.2, 0.25) is 0 Å². The van der Waals surface area contributed by atoms with Crippen LogP contribution in [0.25, 0.3) is 10.8 Å². The van der Waals surface area contributed by atoms with Crippen molar-refractivity contribution in [2.45, 2.75) is 92.0 Å². The topological polar surface area (TPSA) is 223 Å². The lowest BCUT2D eigenvalue weighted by molar-refractivity contribution is -0.160. The average molecular weight is 845 g/mol. The number of Topliss-reactive ketones (excluding diaryl/α,β-unsaturated/α-hetero) is 1. The Balaban J connectivity index is 1.67. The van der Waals surface area contributed by atoms with Crippen molar-refractivity contribution in [1.29, 1.82) is 0 Å². The monoisotopic (exact) mass is 844 g/mol. The van der Waals surface area contributed by atoms with Gasteiger partial charge in [0.25, 0.3) is 11.7 Å². The third-order valence-electron chi connectivity index (χ3n) is 11.6. The fourth-order valence-electron chi connectivity index (χ4n) is 7.82. The number of allylic oxidation sites excluding steroid dienone is 2. The Morgan fingerprint density at radius 3 is 2.28 bits per heavy atom. The number of carbonyl (C=O) groups excluding carboxylic acids is 3. The lowest BCUT2D eigenvalue weighted by Gasteiger charge is -2.38. The molecule has 3 aromatic carbocycles. The number of ether oxygens (including phenoxy) is 4. The zero-order chi connectivity index (χ0) is 44.9. The van der Waals surface area contributed by atoms with Crippen molar-refractivity contribution in [1.82, 2.24) is 0 Å². The highest BCUT2D eigenvalue weighted by atomic mass is 16.7. The lowest BCUT2D eigenvalue weighted by Crippen LogP contribution is -2.46. The second-order valence-electron chi connectivity index (χ2n) is 15.9. The van der Waals surface area contributed by atoms with E-state index < -0.39 is 88.8 Å². The fraction of sp³-hybridized carbons (Fsp3) is 0.435. The van der Waals surface area contributed by atoms with Crippen molar-refractivity contribution < 1.29 is 63.7 Å². The van der Waals surface area contributed by atoms with Gasteiger partial charge >= 0.3 is 11.8 Å². The third kappa shape index (κ3) is 9.54. The lowest BCUT2D eigenvalue weighted by atomic mass is 9.78. The Bertz CT molecular complexity index is 2250. The summed E-state index contributed by atoms with van der Waals surface area (Å²) in [5, 5.41) is 64.3. The van der Waals surface area contributed by atoms with Crippen LogP contribution in [-0.4, -0.2) is 93.3 Å². The molecule has 0 saturated heterocycles. The second kappa shape index (κ2) is 19.2. The Morgan fingerprint density at radius 1 is 0.934 bits per heavy atom. The normalized spacial score (nSPS) is 29.4. The molecule has 61 heavy (non-hydrogen) atoms. The summed E-state index contributed by atoms with van der Waals surface area (Å²) in [5.41, 5.74) is 0.345. The van der Waals surface area contributed by atoms with Gasteiger partial charge < -0.3 is 54.6 Å². The number of amides is 1. The van der Waals surface area contributed by atoms with Gasteiger partial charge in [-0.05, 0) is 25.5 Å². The van der Waals surface area contributed by atoms with Gasteiger partial charge in [0.1, 0.15) is 30.0 Å². The summed E-state index contributed by atoms with van der Waals surface area (Å²) in [5.74, 6) is -8.70. The summed E-state index contributed by atoms with van der Waals surface area (Å²) < 4.78 is 23.5. The highest BCUT2D eigenvalue weighted by Crippen LogP contribution is 2.55. The number of phenols is 3. The Morgan fingerprint density at radius 2 is 1.62 bits per heavy atom. The summed E-state index contributed by atoms with van der Waals surface area (Å²) in [7, 11) is 1.43. The first-order valence-corrected chi connectivity index (χ1v) is 20.1. The van der Waals surface area contributed by atoms with E-state index in [1.807, 2.05) is 30.3 Å². The molecule has 0 aliphatic carbocycles. The number of methoxy groups -OCH3 is 1. The molecule has 3 aliphatic rings. The number of aliphatic hydroxyl groups is 2. The number of aromatic hydroxyl groups is 3. The molecule has 0 aromatic heterocycles. The number of hydrogen-bond donors (Lipinski definition) is 6. The van der Waals surface area contributed by atoms with E-state index in [0.29, 0.717) is 6.42 Å². The molecule has 15 nitrogen and oxygen atoms in total. The van der Waals surface area contributed by atoms with Crippen molar-refractivity contribution in [2.75, 3.05) is 19.0 Å². The number of nitrogens with one attached hydrogen (secondary N) is 1. The summed E-state index contributed by atoms with van der Waals surface area (Å²) in [6, 6.07) is 9.50.